The van der Waals surface area contributed by atoms with Crippen LogP contribution in [0.2, 0.25) is 0 Å². The van der Waals surface area contributed by atoms with Crippen LogP contribution < -0.4 is 0 Å². The third kappa shape index (κ3) is 5.00. The van der Waals surface area contributed by atoms with Crippen LogP contribution in [0.3, 0.4) is 0 Å². The third-order valence-corrected chi connectivity index (χ3v) is 5.26. The standard InChI is InChI=1S/C21H27BrO6/c1-11(2)27-19(24)17-15(23)10-21(5,26)18(20(25)28-12(3)4)16(17)13-6-8-14(22)9-7-13/h6-9,11-12,16-18,26H,10H2,1-5H3/t16-,17-,18+,21-/m1/s1. The second-order valence-corrected chi connectivity index (χ2v) is 8.92. The fourth-order valence-corrected chi connectivity index (χ4v) is 3.98. The molecule has 0 heterocycles. The normalized spacial score (nSPS) is 27.8. The van der Waals surface area contributed by atoms with Gasteiger partial charge in [-0.25, -0.2) is 0 Å². The number of rotatable bonds is 5. The maximum atomic E-state index is 12.9. The van der Waals surface area contributed by atoms with Crippen molar-refractivity contribution < 1.29 is 29.0 Å². The lowest BCUT2D eigenvalue weighted by atomic mass is 9.61. The van der Waals surface area contributed by atoms with E-state index < -0.39 is 53.3 Å². The van der Waals surface area contributed by atoms with Gasteiger partial charge in [0.15, 0.2) is 5.78 Å². The van der Waals surface area contributed by atoms with Crippen molar-refractivity contribution in [3.63, 3.8) is 0 Å². The highest BCUT2D eigenvalue weighted by atomic mass is 79.9. The first-order chi connectivity index (χ1) is 12.9. The molecule has 0 radical (unpaired) electrons. The van der Waals surface area contributed by atoms with Gasteiger partial charge in [-0.1, -0.05) is 28.1 Å². The summed E-state index contributed by atoms with van der Waals surface area (Å²) in [6, 6.07) is 6.99. The Hall–Kier alpha value is -1.73. The van der Waals surface area contributed by atoms with Crippen LogP contribution >= 0.6 is 15.9 Å². The smallest absolute Gasteiger partial charge is 0.317 e. The van der Waals surface area contributed by atoms with E-state index in [0.29, 0.717) is 5.56 Å². The summed E-state index contributed by atoms with van der Waals surface area (Å²) in [5.41, 5.74) is -1.05. The summed E-state index contributed by atoms with van der Waals surface area (Å²) in [6.07, 6.45) is -1.13. The zero-order valence-corrected chi connectivity index (χ0v) is 18.4. The lowest BCUT2D eigenvalue weighted by Crippen LogP contribution is -2.55. The van der Waals surface area contributed by atoms with E-state index in [4.69, 9.17) is 9.47 Å². The zero-order valence-electron chi connectivity index (χ0n) is 16.8. The predicted octanol–water partition coefficient (Wildman–Crippen LogP) is 3.39. The molecule has 0 aliphatic heterocycles. The second kappa shape index (κ2) is 8.74. The summed E-state index contributed by atoms with van der Waals surface area (Å²) in [4.78, 5) is 38.6. The molecule has 1 saturated carbocycles. The lowest BCUT2D eigenvalue weighted by Gasteiger charge is -2.44. The quantitative estimate of drug-likeness (QED) is 0.541. The van der Waals surface area contributed by atoms with Gasteiger partial charge in [-0.2, -0.15) is 0 Å². The summed E-state index contributed by atoms with van der Waals surface area (Å²) in [5.74, 6) is -4.93. The summed E-state index contributed by atoms with van der Waals surface area (Å²) < 4.78 is 11.5. The minimum Gasteiger partial charge on any atom is -0.463 e. The lowest BCUT2D eigenvalue weighted by molar-refractivity contribution is -0.176. The maximum Gasteiger partial charge on any atom is 0.317 e. The minimum atomic E-state index is -1.64. The van der Waals surface area contributed by atoms with Gasteiger partial charge < -0.3 is 14.6 Å². The van der Waals surface area contributed by atoms with Crippen LogP contribution in [0.15, 0.2) is 28.7 Å². The summed E-state index contributed by atoms with van der Waals surface area (Å²) in [7, 11) is 0. The Morgan fingerprint density at radius 2 is 1.57 bits per heavy atom. The average Bonchev–Trinajstić information content (AvgIpc) is 2.52. The van der Waals surface area contributed by atoms with Gasteiger partial charge in [-0.15, -0.1) is 0 Å². The van der Waals surface area contributed by atoms with Gasteiger partial charge in [-0.3, -0.25) is 14.4 Å². The van der Waals surface area contributed by atoms with Crippen LogP contribution in [0.5, 0.6) is 0 Å². The van der Waals surface area contributed by atoms with Gasteiger partial charge in [0, 0.05) is 16.8 Å². The molecule has 7 heteroatoms. The maximum absolute atomic E-state index is 12.9. The summed E-state index contributed by atoms with van der Waals surface area (Å²) >= 11 is 3.36. The minimum absolute atomic E-state index is 0.324. The van der Waals surface area contributed by atoms with E-state index in [1.165, 1.54) is 6.92 Å². The van der Waals surface area contributed by atoms with Crippen molar-refractivity contribution in [2.75, 3.05) is 0 Å². The molecule has 0 unspecified atom stereocenters. The number of halogens is 1. The van der Waals surface area contributed by atoms with Crippen molar-refractivity contribution in [3.05, 3.63) is 34.3 Å². The first-order valence-electron chi connectivity index (χ1n) is 9.35. The van der Waals surface area contributed by atoms with Crippen molar-refractivity contribution in [1.82, 2.24) is 0 Å². The Morgan fingerprint density at radius 3 is 2.07 bits per heavy atom. The molecular weight excluding hydrogens is 428 g/mol. The van der Waals surface area contributed by atoms with E-state index in [-0.39, 0.29) is 6.42 Å². The van der Waals surface area contributed by atoms with Crippen LogP contribution in [-0.2, 0) is 23.9 Å². The monoisotopic (exact) mass is 454 g/mol. The number of Topliss-reactive ketones (excluding diaryl/α,β-unsaturated/α-hetero) is 1. The number of esters is 2. The molecule has 4 atom stereocenters. The summed E-state index contributed by atoms with van der Waals surface area (Å²) in [5, 5.41) is 11.0. The predicted molar refractivity (Wildman–Crippen MR) is 107 cm³/mol. The molecule has 28 heavy (non-hydrogen) atoms. The SMILES string of the molecule is CC(C)OC(=O)[C@@H]1C(=O)C[C@@](C)(O)[C@H](C(=O)OC(C)C)[C@@H]1c1ccc(Br)cc1. The molecule has 0 amide bonds. The number of ether oxygens (including phenoxy) is 2. The number of benzene rings is 1. The molecule has 1 aliphatic rings. The van der Waals surface area contributed by atoms with E-state index in [2.05, 4.69) is 15.9 Å². The van der Waals surface area contributed by atoms with Crippen molar-refractivity contribution in [2.45, 2.75) is 64.8 Å². The van der Waals surface area contributed by atoms with Gasteiger partial charge in [-0.05, 0) is 52.3 Å². The van der Waals surface area contributed by atoms with E-state index in [9.17, 15) is 19.5 Å². The average molecular weight is 455 g/mol. The fourth-order valence-electron chi connectivity index (χ4n) is 3.71. The Bertz CT molecular complexity index is 730. The first kappa shape index (κ1) is 22.6. The fraction of sp³-hybridized carbons (Fsp3) is 0.571. The topological polar surface area (TPSA) is 89.9 Å². The highest BCUT2D eigenvalue weighted by Gasteiger charge is 2.57. The Morgan fingerprint density at radius 1 is 1.07 bits per heavy atom. The van der Waals surface area contributed by atoms with Crippen molar-refractivity contribution >= 4 is 33.7 Å². The Kier molecular flexibility index (Phi) is 7.04. The number of ketones is 1. The van der Waals surface area contributed by atoms with E-state index in [1.54, 1.807) is 52.0 Å². The highest BCUT2D eigenvalue weighted by molar-refractivity contribution is 9.10. The Labute approximate surface area is 173 Å². The zero-order chi connectivity index (χ0) is 21.2. The van der Waals surface area contributed by atoms with Crippen LogP contribution in [0.25, 0.3) is 0 Å². The molecule has 1 aromatic carbocycles. The Balaban J connectivity index is 2.59. The van der Waals surface area contributed by atoms with E-state index in [1.807, 2.05) is 0 Å². The molecule has 0 saturated heterocycles. The molecular formula is C21H27BrO6. The number of carbonyl (C=O) groups is 3. The van der Waals surface area contributed by atoms with Crippen LogP contribution in [-0.4, -0.2) is 40.6 Å². The molecule has 1 aromatic rings. The molecule has 6 nitrogen and oxygen atoms in total. The molecule has 0 bridgehead atoms. The summed E-state index contributed by atoms with van der Waals surface area (Å²) in [6.45, 7) is 8.24. The number of hydrogen-bond donors (Lipinski definition) is 1. The molecule has 1 N–H and O–H groups in total. The van der Waals surface area contributed by atoms with Crippen molar-refractivity contribution in [1.29, 1.82) is 0 Å². The third-order valence-electron chi connectivity index (χ3n) is 4.73. The van der Waals surface area contributed by atoms with E-state index >= 15 is 0 Å². The largest absolute Gasteiger partial charge is 0.463 e. The van der Waals surface area contributed by atoms with Gasteiger partial charge in [0.2, 0.25) is 0 Å². The molecule has 2 rings (SSSR count). The van der Waals surface area contributed by atoms with Crippen LogP contribution in [0, 0.1) is 11.8 Å². The molecule has 1 aliphatic carbocycles. The van der Waals surface area contributed by atoms with Gasteiger partial charge in [0.05, 0.1) is 23.7 Å². The van der Waals surface area contributed by atoms with Gasteiger partial charge in [0.1, 0.15) is 5.92 Å². The second-order valence-electron chi connectivity index (χ2n) is 8.00. The number of aliphatic hydroxyl groups is 1. The van der Waals surface area contributed by atoms with Crippen LogP contribution in [0.4, 0.5) is 0 Å². The molecule has 154 valence electrons. The van der Waals surface area contributed by atoms with Crippen LogP contribution in [0.1, 0.15) is 52.5 Å². The van der Waals surface area contributed by atoms with Crippen molar-refractivity contribution in [2.24, 2.45) is 11.8 Å². The van der Waals surface area contributed by atoms with Gasteiger partial charge in [0.25, 0.3) is 0 Å². The van der Waals surface area contributed by atoms with Gasteiger partial charge >= 0.3 is 11.9 Å². The molecule has 0 spiro atoms. The van der Waals surface area contributed by atoms with E-state index in [0.717, 1.165) is 4.47 Å². The highest BCUT2D eigenvalue weighted by Crippen LogP contribution is 2.47. The first-order valence-corrected chi connectivity index (χ1v) is 10.1. The molecule has 0 aromatic heterocycles. The molecule has 1 fully saturated rings. The number of carbonyl (C=O) groups excluding carboxylic acids is 3. The number of hydrogen-bond acceptors (Lipinski definition) is 6. The van der Waals surface area contributed by atoms with Crippen molar-refractivity contribution in [3.8, 4) is 0 Å².